The molecule has 1 aromatic rings. The molecule has 0 fully saturated rings. The summed E-state index contributed by atoms with van der Waals surface area (Å²) >= 11 is 0. The predicted molar refractivity (Wildman–Crippen MR) is 49.4 cm³/mol. The fourth-order valence-electron chi connectivity index (χ4n) is 0.988. The van der Waals surface area contributed by atoms with E-state index < -0.39 is 0 Å². The normalized spacial score (nSPS) is 12.5. The molecule has 0 saturated carbocycles. The predicted octanol–water partition coefficient (Wildman–Crippen LogP) is 0.472. The number of nitrogens with zero attached hydrogens (tertiary/aromatic N) is 1. The van der Waals surface area contributed by atoms with Crippen molar-refractivity contribution in [1.29, 1.82) is 0 Å². The van der Waals surface area contributed by atoms with Gasteiger partial charge in [0.2, 0.25) is 5.88 Å². The van der Waals surface area contributed by atoms with Crippen LogP contribution in [-0.4, -0.2) is 23.3 Å². The SMILES string of the molecule is CCOc1cc(C(N)CO)ccn1. The second-order valence-corrected chi connectivity index (χ2v) is 2.65. The van der Waals surface area contributed by atoms with Gasteiger partial charge in [-0.1, -0.05) is 0 Å². The maximum atomic E-state index is 8.82. The Morgan fingerprint density at radius 1 is 1.69 bits per heavy atom. The lowest BCUT2D eigenvalue weighted by Gasteiger charge is -2.09. The van der Waals surface area contributed by atoms with Gasteiger partial charge in [-0.05, 0) is 18.6 Å². The van der Waals surface area contributed by atoms with Crippen LogP contribution >= 0.6 is 0 Å². The van der Waals surface area contributed by atoms with Crippen molar-refractivity contribution in [2.75, 3.05) is 13.2 Å². The number of nitrogens with two attached hydrogens (primary N) is 1. The minimum absolute atomic E-state index is 0.0738. The Morgan fingerprint density at radius 3 is 3.08 bits per heavy atom. The molecule has 1 rings (SSSR count). The maximum Gasteiger partial charge on any atom is 0.213 e. The van der Waals surface area contributed by atoms with Crippen molar-refractivity contribution in [3.05, 3.63) is 23.9 Å². The molecule has 0 aromatic carbocycles. The zero-order chi connectivity index (χ0) is 9.68. The summed E-state index contributed by atoms with van der Waals surface area (Å²) in [6.07, 6.45) is 1.62. The van der Waals surface area contributed by atoms with Gasteiger partial charge in [0.15, 0.2) is 0 Å². The fraction of sp³-hybridized carbons (Fsp3) is 0.444. The van der Waals surface area contributed by atoms with Crippen LogP contribution in [0.5, 0.6) is 5.88 Å². The highest BCUT2D eigenvalue weighted by Gasteiger charge is 2.05. The van der Waals surface area contributed by atoms with Gasteiger partial charge in [-0.15, -0.1) is 0 Å². The number of aromatic nitrogens is 1. The van der Waals surface area contributed by atoms with Crippen molar-refractivity contribution in [2.45, 2.75) is 13.0 Å². The number of rotatable bonds is 4. The average Bonchev–Trinajstić information content (AvgIpc) is 2.18. The molecule has 1 heterocycles. The molecule has 0 saturated heterocycles. The summed E-state index contributed by atoms with van der Waals surface area (Å²) in [4.78, 5) is 3.99. The average molecular weight is 182 g/mol. The first-order valence-corrected chi connectivity index (χ1v) is 4.23. The zero-order valence-electron chi connectivity index (χ0n) is 7.60. The summed E-state index contributed by atoms with van der Waals surface area (Å²) in [5.74, 6) is 0.545. The monoisotopic (exact) mass is 182 g/mol. The molecule has 3 N–H and O–H groups in total. The van der Waals surface area contributed by atoms with Gasteiger partial charge >= 0.3 is 0 Å². The largest absolute Gasteiger partial charge is 0.478 e. The van der Waals surface area contributed by atoms with E-state index in [1.165, 1.54) is 0 Å². The molecule has 4 heteroatoms. The lowest BCUT2D eigenvalue weighted by atomic mass is 10.1. The molecule has 13 heavy (non-hydrogen) atoms. The minimum Gasteiger partial charge on any atom is -0.478 e. The van der Waals surface area contributed by atoms with Gasteiger partial charge in [-0.2, -0.15) is 0 Å². The van der Waals surface area contributed by atoms with E-state index in [-0.39, 0.29) is 12.6 Å². The first kappa shape index (κ1) is 9.95. The van der Waals surface area contributed by atoms with E-state index in [2.05, 4.69) is 4.98 Å². The zero-order valence-corrected chi connectivity index (χ0v) is 7.60. The molecule has 72 valence electrons. The standard InChI is InChI=1S/C9H14N2O2/c1-2-13-9-5-7(3-4-11-9)8(10)6-12/h3-5,8,12H,2,6,10H2,1H3. The molecule has 1 aromatic heterocycles. The van der Waals surface area contributed by atoms with Crippen molar-refractivity contribution in [3.63, 3.8) is 0 Å². The molecule has 0 aliphatic carbocycles. The van der Waals surface area contributed by atoms with Crippen LogP contribution in [-0.2, 0) is 0 Å². The summed E-state index contributed by atoms with van der Waals surface area (Å²) in [5, 5.41) is 8.82. The number of pyridine rings is 1. The number of hydrogen-bond donors (Lipinski definition) is 2. The second kappa shape index (κ2) is 4.79. The molecule has 0 radical (unpaired) electrons. The van der Waals surface area contributed by atoms with Crippen molar-refractivity contribution >= 4 is 0 Å². The molecule has 1 atom stereocenters. The quantitative estimate of drug-likeness (QED) is 0.710. The third-order valence-corrected chi connectivity index (χ3v) is 1.68. The first-order chi connectivity index (χ1) is 6.27. The summed E-state index contributed by atoms with van der Waals surface area (Å²) in [6.45, 7) is 2.39. The summed E-state index contributed by atoms with van der Waals surface area (Å²) in [7, 11) is 0. The van der Waals surface area contributed by atoms with Gasteiger partial charge in [0.1, 0.15) is 0 Å². The van der Waals surface area contributed by atoms with Crippen molar-refractivity contribution < 1.29 is 9.84 Å². The molecular weight excluding hydrogens is 168 g/mol. The highest BCUT2D eigenvalue weighted by molar-refractivity contribution is 5.23. The van der Waals surface area contributed by atoms with Crippen LogP contribution in [0.15, 0.2) is 18.3 Å². The van der Waals surface area contributed by atoms with Gasteiger partial charge in [0.05, 0.1) is 19.3 Å². The van der Waals surface area contributed by atoms with Crippen LogP contribution in [0.3, 0.4) is 0 Å². The summed E-state index contributed by atoms with van der Waals surface area (Å²) < 4.78 is 5.19. The van der Waals surface area contributed by atoms with E-state index in [1.807, 2.05) is 6.92 Å². The molecule has 0 spiro atoms. The third-order valence-electron chi connectivity index (χ3n) is 1.68. The highest BCUT2D eigenvalue weighted by Crippen LogP contribution is 2.14. The Hall–Kier alpha value is -1.13. The molecule has 0 aliphatic rings. The lowest BCUT2D eigenvalue weighted by Crippen LogP contribution is -2.14. The Bertz CT molecular complexity index is 266. The van der Waals surface area contributed by atoms with E-state index in [0.717, 1.165) is 5.56 Å². The van der Waals surface area contributed by atoms with Gasteiger partial charge in [-0.25, -0.2) is 4.98 Å². The number of hydrogen-bond acceptors (Lipinski definition) is 4. The molecule has 0 bridgehead atoms. The summed E-state index contributed by atoms with van der Waals surface area (Å²) in [5.41, 5.74) is 6.46. The fourth-order valence-corrected chi connectivity index (χ4v) is 0.988. The number of aliphatic hydroxyl groups is 1. The van der Waals surface area contributed by atoms with Crippen molar-refractivity contribution in [3.8, 4) is 5.88 Å². The Morgan fingerprint density at radius 2 is 2.46 bits per heavy atom. The van der Waals surface area contributed by atoms with Crippen molar-refractivity contribution in [2.24, 2.45) is 5.73 Å². The van der Waals surface area contributed by atoms with E-state index in [1.54, 1.807) is 18.3 Å². The summed E-state index contributed by atoms with van der Waals surface area (Å²) in [6, 6.07) is 3.15. The molecular formula is C9H14N2O2. The van der Waals surface area contributed by atoms with Crippen LogP contribution in [0.2, 0.25) is 0 Å². The second-order valence-electron chi connectivity index (χ2n) is 2.65. The van der Waals surface area contributed by atoms with E-state index in [4.69, 9.17) is 15.6 Å². The Kier molecular flexibility index (Phi) is 3.67. The molecule has 1 unspecified atom stereocenters. The van der Waals surface area contributed by atoms with E-state index in [9.17, 15) is 0 Å². The van der Waals surface area contributed by atoms with Gasteiger partial charge in [0, 0.05) is 12.3 Å². The maximum absolute atomic E-state index is 8.82. The number of ether oxygens (including phenoxy) is 1. The van der Waals surface area contributed by atoms with Gasteiger partial charge < -0.3 is 15.6 Å². The van der Waals surface area contributed by atoms with E-state index in [0.29, 0.717) is 12.5 Å². The van der Waals surface area contributed by atoms with Gasteiger partial charge in [-0.3, -0.25) is 0 Å². The van der Waals surface area contributed by atoms with Crippen molar-refractivity contribution in [1.82, 2.24) is 4.98 Å². The smallest absolute Gasteiger partial charge is 0.213 e. The molecule has 0 amide bonds. The molecule has 0 aliphatic heterocycles. The van der Waals surface area contributed by atoms with Crippen LogP contribution in [0, 0.1) is 0 Å². The number of aliphatic hydroxyl groups excluding tert-OH is 1. The van der Waals surface area contributed by atoms with Crippen LogP contribution in [0.25, 0.3) is 0 Å². The van der Waals surface area contributed by atoms with E-state index >= 15 is 0 Å². The lowest BCUT2D eigenvalue weighted by molar-refractivity contribution is 0.267. The minimum atomic E-state index is -0.359. The topological polar surface area (TPSA) is 68.4 Å². The molecule has 4 nitrogen and oxygen atoms in total. The Labute approximate surface area is 77.4 Å². The Balaban J connectivity index is 2.78. The van der Waals surface area contributed by atoms with Gasteiger partial charge in [0.25, 0.3) is 0 Å². The highest BCUT2D eigenvalue weighted by atomic mass is 16.5. The van der Waals surface area contributed by atoms with Crippen LogP contribution in [0.1, 0.15) is 18.5 Å². The van der Waals surface area contributed by atoms with Crippen LogP contribution in [0.4, 0.5) is 0 Å². The van der Waals surface area contributed by atoms with Crippen LogP contribution < -0.4 is 10.5 Å². The third kappa shape index (κ3) is 2.68. The first-order valence-electron chi connectivity index (χ1n) is 4.23.